The van der Waals surface area contributed by atoms with Crippen molar-refractivity contribution < 1.29 is 14.3 Å². The summed E-state index contributed by atoms with van der Waals surface area (Å²) in [6.45, 7) is 14.6. The molecular weight excluding hydrogens is 374 g/mol. The molecule has 30 heavy (non-hydrogen) atoms. The molecule has 4 heteroatoms. The third-order valence-corrected chi connectivity index (χ3v) is 5.89. The zero-order valence-electron chi connectivity index (χ0n) is 19.2. The Kier molecular flexibility index (Phi) is 5.57. The SMILES string of the molecule is CC(C)(C)OC(=O)c1ccc(C(=O)Nc2ccc3c(c2)C(C)(C)CCC3(C)C)cc1. The highest BCUT2D eigenvalue weighted by atomic mass is 16.6. The van der Waals surface area contributed by atoms with Gasteiger partial charge in [-0.3, -0.25) is 4.79 Å². The molecule has 0 atom stereocenters. The second-order valence-electron chi connectivity index (χ2n) is 10.6. The molecule has 0 saturated carbocycles. The van der Waals surface area contributed by atoms with E-state index in [-0.39, 0.29) is 16.7 Å². The Balaban J connectivity index is 1.78. The number of amides is 1. The number of anilines is 1. The van der Waals surface area contributed by atoms with Crippen LogP contribution in [-0.2, 0) is 15.6 Å². The van der Waals surface area contributed by atoms with E-state index in [2.05, 4.69) is 45.1 Å². The highest BCUT2D eigenvalue weighted by Crippen LogP contribution is 2.46. The molecule has 0 aliphatic heterocycles. The third-order valence-electron chi connectivity index (χ3n) is 5.89. The summed E-state index contributed by atoms with van der Waals surface area (Å²) in [5.74, 6) is -0.590. The van der Waals surface area contributed by atoms with E-state index in [9.17, 15) is 9.59 Å². The summed E-state index contributed by atoms with van der Waals surface area (Å²) in [6, 6.07) is 12.8. The number of hydrogen-bond donors (Lipinski definition) is 1. The fourth-order valence-corrected chi connectivity index (χ4v) is 3.96. The molecule has 0 heterocycles. The van der Waals surface area contributed by atoms with Crippen LogP contribution in [0, 0.1) is 0 Å². The van der Waals surface area contributed by atoms with Gasteiger partial charge in [-0.15, -0.1) is 0 Å². The number of carbonyl (C=O) groups excluding carboxylic acids is 2. The second-order valence-corrected chi connectivity index (χ2v) is 10.6. The van der Waals surface area contributed by atoms with E-state index in [1.807, 2.05) is 26.8 Å². The summed E-state index contributed by atoms with van der Waals surface area (Å²) in [7, 11) is 0. The largest absolute Gasteiger partial charge is 0.456 e. The molecule has 1 amide bonds. The summed E-state index contributed by atoms with van der Waals surface area (Å²) in [5, 5.41) is 3.01. The predicted molar refractivity (Wildman–Crippen MR) is 121 cm³/mol. The number of fused-ring (bicyclic) bond motifs is 1. The fourth-order valence-electron chi connectivity index (χ4n) is 3.96. The number of nitrogens with one attached hydrogen (secondary N) is 1. The van der Waals surface area contributed by atoms with Crippen LogP contribution in [0.1, 0.15) is 93.2 Å². The minimum atomic E-state index is -0.554. The minimum absolute atomic E-state index is 0.0840. The normalized spacial score (nSPS) is 17.0. The van der Waals surface area contributed by atoms with Gasteiger partial charge in [0.25, 0.3) is 5.91 Å². The molecule has 0 spiro atoms. The lowest BCUT2D eigenvalue weighted by molar-refractivity contribution is 0.00693. The van der Waals surface area contributed by atoms with E-state index in [1.165, 1.54) is 11.1 Å². The zero-order chi connectivity index (χ0) is 22.3. The van der Waals surface area contributed by atoms with Gasteiger partial charge >= 0.3 is 5.97 Å². The average Bonchev–Trinajstić information content (AvgIpc) is 2.64. The monoisotopic (exact) mass is 407 g/mol. The van der Waals surface area contributed by atoms with Crippen LogP contribution in [0.3, 0.4) is 0 Å². The van der Waals surface area contributed by atoms with Crippen molar-refractivity contribution in [1.82, 2.24) is 0 Å². The first-order chi connectivity index (χ1) is 13.8. The second kappa shape index (κ2) is 7.57. The Labute approximate surface area is 180 Å². The molecule has 0 bridgehead atoms. The number of ether oxygens (including phenoxy) is 1. The maximum atomic E-state index is 12.8. The van der Waals surface area contributed by atoms with E-state index in [4.69, 9.17) is 4.74 Å². The lowest BCUT2D eigenvalue weighted by atomic mass is 9.63. The maximum absolute atomic E-state index is 12.8. The Morgan fingerprint density at radius 2 is 1.37 bits per heavy atom. The molecule has 1 N–H and O–H groups in total. The number of rotatable bonds is 3. The molecule has 160 valence electrons. The lowest BCUT2D eigenvalue weighted by Crippen LogP contribution is -2.33. The first-order valence-corrected chi connectivity index (χ1v) is 10.6. The van der Waals surface area contributed by atoms with Gasteiger partial charge in [0.15, 0.2) is 0 Å². The van der Waals surface area contributed by atoms with Crippen LogP contribution in [0.25, 0.3) is 0 Å². The number of benzene rings is 2. The molecule has 0 saturated heterocycles. The van der Waals surface area contributed by atoms with Gasteiger partial charge < -0.3 is 10.1 Å². The molecule has 0 unspecified atom stereocenters. The van der Waals surface area contributed by atoms with Crippen LogP contribution in [0.5, 0.6) is 0 Å². The Hall–Kier alpha value is -2.62. The van der Waals surface area contributed by atoms with Crippen molar-refractivity contribution >= 4 is 17.6 Å². The zero-order valence-corrected chi connectivity index (χ0v) is 19.2. The van der Waals surface area contributed by atoms with Crippen molar-refractivity contribution in [2.24, 2.45) is 0 Å². The van der Waals surface area contributed by atoms with Crippen molar-refractivity contribution in [3.63, 3.8) is 0 Å². The number of carbonyl (C=O) groups is 2. The molecule has 1 aliphatic carbocycles. The molecule has 0 fully saturated rings. The van der Waals surface area contributed by atoms with Gasteiger partial charge in [-0.2, -0.15) is 0 Å². The first-order valence-electron chi connectivity index (χ1n) is 10.6. The Morgan fingerprint density at radius 1 is 0.833 bits per heavy atom. The smallest absolute Gasteiger partial charge is 0.338 e. The van der Waals surface area contributed by atoms with Crippen LogP contribution >= 0.6 is 0 Å². The lowest BCUT2D eigenvalue weighted by Gasteiger charge is -2.42. The van der Waals surface area contributed by atoms with E-state index in [0.717, 1.165) is 18.5 Å². The highest BCUT2D eigenvalue weighted by molar-refractivity contribution is 6.05. The van der Waals surface area contributed by atoms with Crippen molar-refractivity contribution in [3.8, 4) is 0 Å². The van der Waals surface area contributed by atoms with E-state index in [1.54, 1.807) is 24.3 Å². The minimum Gasteiger partial charge on any atom is -0.456 e. The molecule has 0 radical (unpaired) electrons. The molecule has 0 aromatic heterocycles. The number of esters is 1. The first kappa shape index (κ1) is 22.1. The molecule has 3 rings (SSSR count). The standard InChI is InChI=1S/C26H33NO3/c1-24(2,3)30-23(29)18-10-8-17(9-11-18)22(28)27-19-12-13-20-21(16-19)26(6,7)15-14-25(20,4)5/h8-13,16H,14-15H2,1-7H3,(H,27,28). The molecular formula is C26H33NO3. The van der Waals surface area contributed by atoms with E-state index >= 15 is 0 Å². The van der Waals surface area contributed by atoms with Gasteiger partial charge in [0.05, 0.1) is 5.56 Å². The van der Waals surface area contributed by atoms with Crippen LogP contribution in [0.2, 0.25) is 0 Å². The van der Waals surface area contributed by atoms with Gasteiger partial charge in [-0.1, -0.05) is 33.8 Å². The Morgan fingerprint density at radius 3 is 1.93 bits per heavy atom. The van der Waals surface area contributed by atoms with Gasteiger partial charge in [0.2, 0.25) is 0 Å². The van der Waals surface area contributed by atoms with Gasteiger partial charge in [0.1, 0.15) is 5.60 Å². The average molecular weight is 408 g/mol. The summed E-state index contributed by atoms with van der Waals surface area (Å²) in [5.41, 5.74) is 4.06. The third kappa shape index (κ3) is 4.75. The van der Waals surface area contributed by atoms with Gasteiger partial charge in [0, 0.05) is 11.3 Å². The summed E-state index contributed by atoms with van der Waals surface area (Å²) in [4.78, 5) is 24.9. The maximum Gasteiger partial charge on any atom is 0.338 e. The summed E-state index contributed by atoms with van der Waals surface area (Å²) >= 11 is 0. The van der Waals surface area contributed by atoms with Crippen LogP contribution < -0.4 is 5.32 Å². The number of hydrogen-bond acceptors (Lipinski definition) is 3. The van der Waals surface area contributed by atoms with E-state index in [0.29, 0.717) is 11.1 Å². The quantitative estimate of drug-likeness (QED) is 0.612. The van der Waals surface area contributed by atoms with E-state index < -0.39 is 11.6 Å². The van der Waals surface area contributed by atoms with Crippen molar-refractivity contribution in [3.05, 3.63) is 64.7 Å². The van der Waals surface area contributed by atoms with Gasteiger partial charge in [-0.05, 0) is 92.0 Å². The van der Waals surface area contributed by atoms with Crippen LogP contribution in [-0.4, -0.2) is 17.5 Å². The van der Waals surface area contributed by atoms with Crippen molar-refractivity contribution in [2.75, 3.05) is 5.32 Å². The highest BCUT2D eigenvalue weighted by Gasteiger charge is 2.37. The van der Waals surface area contributed by atoms with Crippen molar-refractivity contribution in [1.29, 1.82) is 0 Å². The summed E-state index contributed by atoms with van der Waals surface area (Å²) < 4.78 is 5.37. The predicted octanol–water partition coefficient (Wildman–Crippen LogP) is 6.24. The molecule has 2 aromatic rings. The fraction of sp³-hybridized carbons (Fsp3) is 0.462. The molecule has 4 nitrogen and oxygen atoms in total. The van der Waals surface area contributed by atoms with Crippen LogP contribution in [0.15, 0.2) is 42.5 Å². The topological polar surface area (TPSA) is 55.4 Å². The molecule has 1 aliphatic rings. The van der Waals surface area contributed by atoms with Crippen LogP contribution in [0.4, 0.5) is 5.69 Å². The Bertz CT molecular complexity index is 963. The molecule has 2 aromatic carbocycles. The summed E-state index contributed by atoms with van der Waals surface area (Å²) in [6.07, 6.45) is 2.28. The van der Waals surface area contributed by atoms with Gasteiger partial charge in [-0.25, -0.2) is 4.79 Å². The van der Waals surface area contributed by atoms with Crippen molar-refractivity contribution in [2.45, 2.75) is 77.7 Å².